The van der Waals surface area contributed by atoms with E-state index in [2.05, 4.69) is 6.58 Å². The van der Waals surface area contributed by atoms with Crippen LogP contribution in [0, 0.1) is 5.82 Å². The molecule has 2 N–H and O–H groups in total. The third-order valence-corrected chi connectivity index (χ3v) is 2.23. The van der Waals surface area contributed by atoms with Gasteiger partial charge in [0.2, 0.25) is 0 Å². The number of nitrogens with two attached hydrogens (primary N) is 1. The monoisotopic (exact) mass is 229 g/mol. The molecule has 2 nitrogen and oxygen atoms in total. The van der Waals surface area contributed by atoms with Crippen LogP contribution in [0.25, 0.3) is 0 Å². The molecule has 0 unspecified atom stereocenters. The molecule has 0 aliphatic carbocycles. The van der Waals surface area contributed by atoms with Crippen molar-refractivity contribution >= 4 is 11.6 Å². The van der Waals surface area contributed by atoms with Crippen molar-refractivity contribution in [2.24, 2.45) is 5.73 Å². The molecule has 82 valence electrons. The predicted molar refractivity (Wildman–Crippen MR) is 59.7 cm³/mol. The van der Waals surface area contributed by atoms with Crippen LogP contribution in [0.5, 0.6) is 5.75 Å². The molecule has 0 aliphatic heterocycles. The lowest BCUT2D eigenvalue weighted by Gasteiger charge is -2.11. The summed E-state index contributed by atoms with van der Waals surface area (Å²) in [6.07, 6.45) is 1.52. The fraction of sp³-hybridized carbons (Fsp3) is 0.273. The van der Waals surface area contributed by atoms with Crippen LogP contribution in [0.15, 0.2) is 24.8 Å². The van der Waals surface area contributed by atoms with E-state index in [1.807, 2.05) is 0 Å². The fourth-order valence-corrected chi connectivity index (χ4v) is 1.46. The summed E-state index contributed by atoms with van der Waals surface area (Å²) >= 11 is 5.86. The lowest BCUT2D eigenvalue weighted by atomic mass is 10.1. The van der Waals surface area contributed by atoms with Crippen LogP contribution in [0.2, 0.25) is 5.02 Å². The van der Waals surface area contributed by atoms with Gasteiger partial charge in [-0.05, 0) is 24.6 Å². The van der Waals surface area contributed by atoms with Gasteiger partial charge in [-0.3, -0.25) is 0 Å². The molecule has 1 aromatic carbocycles. The Hall–Kier alpha value is -1.06. The van der Waals surface area contributed by atoms with E-state index in [0.29, 0.717) is 12.2 Å². The molecule has 0 heterocycles. The zero-order chi connectivity index (χ0) is 11.4. The molecule has 15 heavy (non-hydrogen) atoms. The Morgan fingerprint density at radius 3 is 2.80 bits per heavy atom. The van der Waals surface area contributed by atoms with Gasteiger partial charge in [-0.2, -0.15) is 0 Å². The number of ether oxygens (including phenoxy) is 1. The molecule has 0 aliphatic rings. The van der Waals surface area contributed by atoms with Crippen molar-refractivity contribution in [2.75, 3.05) is 6.61 Å². The van der Waals surface area contributed by atoms with Crippen molar-refractivity contribution in [2.45, 2.75) is 13.0 Å². The Kier molecular flexibility index (Phi) is 4.12. The Morgan fingerprint density at radius 2 is 2.33 bits per heavy atom. The van der Waals surface area contributed by atoms with Crippen molar-refractivity contribution < 1.29 is 9.13 Å². The number of benzene rings is 1. The maximum absolute atomic E-state index is 13.5. The summed E-state index contributed by atoms with van der Waals surface area (Å²) < 4.78 is 18.6. The minimum atomic E-state index is -0.503. The number of hydrogen-bond donors (Lipinski definition) is 1. The minimum absolute atomic E-state index is 0.0687. The second kappa shape index (κ2) is 5.14. The molecule has 0 fully saturated rings. The average molecular weight is 230 g/mol. The smallest absolute Gasteiger partial charge is 0.173 e. The zero-order valence-electron chi connectivity index (χ0n) is 8.47. The van der Waals surface area contributed by atoms with Gasteiger partial charge in [0.1, 0.15) is 0 Å². The van der Waals surface area contributed by atoms with Crippen LogP contribution in [-0.2, 0) is 0 Å². The first-order chi connectivity index (χ1) is 7.10. The second-order valence-electron chi connectivity index (χ2n) is 3.01. The van der Waals surface area contributed by atoms with E-state index in [0.717, 1.165) is 0 Å². The van der Waals surface area contributed by atoms with E-state index in [-0.39, 0.29) is 10.8 Å². The van der Waals surface area contributed by atoms with Gasteiger partial charge in [0, 0.05) is 6.04 Å². The van der Waals surface area contributed by atoms with E-state index < -0.39 is 11.9 Å². The highest BCUT2D eigenvalue weighted by atomic mass is 35.5. The highest BCUT2D eigenvalue weighted by Gasteiger charge is 2.12. The number of rotatable bonds is 4. The van der Waals surface area contributed by atoms with Gasteiger partial charge in [-0.1, -0.05) is 17.7 Å². The topological polar surface area (TPSA) is 35.2 Å². The molecule has 0 bridgehead atoms. The van der Waals surface area contributed by atoms with Gasteiger partial charge in [0.25, 0.3) is 0 Å². The van der Waals surface area contributed by atoms with Crippen molar-refractivity contribution in [1.29, 1.82) is 0 Å². The average Bonchev–Trinajstić information content (AvgIpc) is 2.22. The van der Waals surface area contributed by atoms with Gasteiger partial charge >= 0.3 is 0 Å². The van der Waals surface area contributed by atoms with Crippen LogP contribution in [0.3, 0.4) is 0 Å². The quantitative estimate of drug-likeness (QED) is 0.806. The third-order valence-electron chi connectivity index (χ3n) is 1.95. The molecule has 0 aromatic heterocycles. The normalized spacial score (nSPS) is 12.3. The Balaban J connectivity index is 3.12. The molecule has 4 heteroatoms. The minimum Gasteiger partial charge on any atom is -0.489 e. The summed E-state index contributed by atoms with van der Waals surface area (Å²) in [5.41, 5.74) is 6.25. The standard InChI is InChI=1S/C11H13ClFNO/c1-3-10(14)7-5-8(12)11(15-4-2)9(13)6-7/h3,5-6,10H,1,4,14H2,2H3/t10-/m1/s1. The highest BCUT2D eigenvalue weighted by Crippen LogP contribution is 2.31. The first kappa shape index (κ1) is 12.0. The molecule has 1 rings (SSSR count). The molecule has 0 spiro atoms. The maximum atomic E-state index is 13.5. The maximum Gasteiger partial charge on any atom is 0.173 e. The van der Waals surface area contributed by atoms with Crippen LogP contribution in [-0.4, -0.2) is 6.61 Å². The van der Waals surface area contributed by atoms with E-state index in [1.165, 1.54) is 12.1 Å². The lowest BCUT2D eigenvalue weighted by Crippen LogP contribution is -2.07. The molecule has 1 aromatic rings. The van der Waals surface area contributed by atoms with E-state index >= 15 is 0 Å². The molecule has 0 saturated carbocycles. The molecular weight excluding hydrogens is 217 g/mol. The SMILES string of the molecule is C=C[C@@H](N)c1cc(F)c(OCC)c(Cl)c1. The highest BCUT2D eigenvalue weighted by molar-refractivity contribution is 6.32. The summed E-state index contributed by atoms with van der Waals surface area (Å²) in [5.74, 6) is -0.434. The van der Waals surface area contributed by atoms with Crippen molar-refractivity contribution in [3.63, 3.8) is 0 Å². The van der Waals surface area contributed by atoms with Crippen LogP contribution in [0.4, 0.5) is 4.39 Å². The lowest BCUT2D eigenvalue weighted by molar-refractivity contribution is 0.321. The van der Waals surface area contributed by atoms with Gasteiger partial charge in [-0.25, -0.2) is 4.39 Å². The fourth-order valence-electron chi connectivity index (χ4n) is 1.19. The van der Waals surface area contributed by atoms with Crippen molar-refractivity contribution in [3.8, 4) is 5.75 Å². The van der Waals surface area contributed by atoms with Gasteiger partial charge in [0.05, 0.1) is 11.6 Å². The van der Waals surface area contributed by atoms with E-state index in [1.54, 1.807) is 13.0 Å². The number of hydrogen-bond acceptors (Lipinski definition) is 2. The van der Waals surface area contributed by atoms with Crippen molar-refractivity contribution in [3.05, 3.63) is 41.2 Å². The predicted octanol–water partition coefficient (Wildman–Crippen LogP) is 3.06. The second-order valence-corrected chi connectivity index (χ2v) is 3.42. The first-order valence-electron chi connectivity index (χ1n) is 4.60. The zero-order valence-corrected chi connectivity index (χ0v) is 9.22. The summed E-state index contributed by atoms with van der Waals surface area (Å²) in [6.45, 7) is 5.66. The first-order valence-corrected chi connectivity index (χ1v) is 4.97. The summed E-state index contributed by atoms with van der Waals surface area (Å²) in [5, 5.41) is 0.226. The van der Waals surface area contributed by atoms with Crippen LogP contribution in [0.1, 0.15) is 18.5 Å². The van der Waals surface area contributed by atoms with E-state index in [9.17, 15) is 4.39 Å². The molecule has 0 radical (unpaired) electrons. The van der Waals surface area contributed by atoms with Gasteiger partial charge in [-0.15, -0.1) is 6.58 Å². The van der Waals surface area contributed by atoms with E-state index in [4.69, 9.17) is 22.1 Å². The van der Waals surface area contributed by atoms with Gasteiger partial charge in [0.15, 0.2) is 11.6 Å². The van der Waals surface area contributed by atoms with Gasteiger partial charge < -0.3 is 10.5 Å². The Morgan fingerprint density at radius 1 is 1.67 bits per heavy atom. The van der Waals surface area contributed by atoms with Crippen LogP contribution >= 0.6 is 11.6 Å². The number of halogens is 2. The summed E-state index contributed by atoms with van der Waals surface area (Å²) in [7, 11) is 0. The Labute approximate surface area is 93.5 Å². The molecule has 0 amide bonds. The summed E-state index contributed by atoms with van der Waals surface area (Å²) in [6, 6.07) is 2.47. The van der Waals surface area contributed by atoms with Crippen LogP contribution < -0.4 is 10.5 Å². The Bertz CT molecular complexity index is 345. The summed E-state index contributed by atoms with van der Waals surface area (Å²) in [4.78, 5) is 0. The molecular formula is C11H13ClFNO. The third kappa shape index (κ3) is 2.70. The molecule has 1 atom stereocenters. The molecule has 0 saturated heterocycles. The van der Waals surface area contributed by atoms with Crippen molar-refractivity contribution in [1.82, 2.24) is 0 Å². The largest absolute Gasteiger partial charge is 0.489 e.